The Hall–Kier alpha value is -2.35. The van der Waals surface area contributed by atoms with E-state index in [1.807, 2.05) is 0 Å². The highest BCUT2D eigenvalue weighted by Gasteiger charge is 2.19. The Balaban J connectivity index is 2.12. The van der Waals surface area contributed by atoms with Gasteiger partial charge in [-0.05, 0) is 36.2 Å². The summed E-state index contributed by atoms with van der Waals surface area (Å²) in [4.78, 5) is 22.9. The van der Waals surface area contributed by atoms with Crippen LogP contribution in [0.3, 0.4) is 0 Å². The Bertz CT molecular complexity index is 715. The van der Waals surface area contributed by atoms with Crippen LogP contribution in [0.5, 0.6) is 0 Å². The number of carbonyl (C=O) groups excluding carboxylic acids is 1. The largest absolute Gasteiger partial charge is 0.478 e. The Morgan fingerprint density at radius 1 is 1.33 bits per heavy atom. The number of aromatic nitrogens is 1. The van der Waals surface area contributed by atoms with Gasteiger partial charge in [-0.2, -0.15) is 4.37 Å². The van der Waals surface area contributed by atoms with Crippen LogP contribution in [0.15, 0.2) is 18.2 Å². The number of nitrogens with one attached hydrogen (secondary N) is 1. The molecule has 0 radical (unpaired) electrons. The molecule has 2 N–H and O–H groups in total. The number of carboxylic acid groups (broad SMARTS) is 1. The molecule has 1 heterocycles. The standard InChI is InChI=1S/C13H10F2N2O3S/c1-6-11(13(19)20)12(21-17-6)16-10(18)5-7-2-3-8(14)9(15)4-7/h2-4H,5H2,1H3,(H,16,18)(H,19,20). The molecule has 0 aliphatic heterocycles. The van der Waals surface area contributed by atoms with Crippen LogP contribution in [-0.4, -0.2) is 21.4 Å². The van der Waals surface area contributed by atoms with Crippen molar-refractivity contribution in [3.05, 3.63) is 46.7 Å². The molecule has 2 rings (SSSR count). The van der Waals surface area contributed by atoms with E-state index >= 15 is 0 Å². The summed E-state index contributed by atoms with van der Waals surface area (Å²) in [5.41, 5.74) is 0.513. The summed E-state index contributed by atoms with van der Waals surface area (Å²) < 4.78 is 29.7. The lowest BCUT2D eigenvalue weighted by molar-refractivity contribution is -0.115. The van der Waals surface area contributed by atoms with E-state index in [0.29, 0.717) is 5.69 Å². The Morgan fingerprint density at radius 2 is 2.05 bits per heavy atom. The lowest BCUT2D eigenvalue weighted by Crippen LogP contribution is -2.16. The molecular weight excluding hydrogens is 302 g/mol. The average Bonchev–Trinajstić information content (AvgIpc) is 2.75. The van der Waals surface area contributed by atoms with Crippen molar-refractivity contribution < 1.29 is 23.5 Å². The van der Waals surface area contributed by atoms with Gasteiger partial charge in [-0.25, -0.2) is 13.6 Å². The molecule has 1 aromatic heterocycles. The average molecular weight is 312 g/mol. The third-order valence-corrected chi connectivity index (χ3v) is 3.53. The van der Waals surface area contributed by atoms with E-state index < -0.39 is 23.5 Å². The topological polar surface area (TPSA) is 79.3 Å². The number of amides is 1. The van der Waals surface area contributed by atoms with Crippen LogP contribution in [-0.2, 0) is 11.2 Å². The summed E-state index contributed by atoms with van der Waals surface area (Å²) >= 11 is 0.852. The van der Waals surface area contributed by atoms with Gasteiger partial charge in [0.2, 0.25) is 5.91 Å². The maximum absolute atomic E-state index is 13.0. The van der Waals surface area contributed by atoms with Gasteiger partial charge in [-0.3, -0.25) is 4.79 Å². The second-order valence-corrected chi connectivity index (χ2v) is 5.02. The number of hydrogen-bond acceptors (Lipinski definition) is 4. The fourth-order valence-corrected chi connectivity index (χ4v) is 2.52. The number of carbonyl (C=O) groups is 2. The molecule has 0 aliphatic carbocycles. The normalized spacial score (nSPS) is 10.4. The van der Waals surface area contributed by atoms with Crippen LogP contribution in [0.1, 0.15) is 21.6 Å². The fraction of sp³-hybridized carbons (Fsp3) is 0.154. The van der Waals surface area contributed by atoms with Crippen molar-refractivity contribution in [3.8, 4) is 0 Å². The number of aromatic carboxylic acids is 1. The van der Waals surface area contributed by atoms with E-state index in [0.717, 1.165) is 23.7 Å². The zero-order chi connectivity index (χ0) is 15.6. The number of rotatable bonds is 4. The first-order valence-corrected chi connectivity index (χ1v) is 6.59. The van der Waals surface area contributed by atoms with Gasteiger partial charge in [0.05, 0.1) is 12.1 Å². The van der Waals surface area contributed by atoms with Gasteiger partial charge < -0.3 is 10.4 Å². The first-order valence-electron chi connectivity index (χ1n) is 5.82. The van der Waals surface area contributed by atoms with Crippen molar-refractivity contribution in [3.63, 3.8) is 0 Å². The summed E-state index contributed by atoms with van der Waals surface area (Å²) in [5, 5.41) is 11.6. The van der Waals surface area contributed by atoms with E-state index in [1.54, 1.807) is 0 Å². The summed E-state index contributed by atoms with van der Waals surface area (Å²) in [6.07, 6.45) is -0.201. The van der Waals surface area contributed by atoms with Crippen LogP contribution in [0.2, 0.25) is 0 Å². The van der Waals surface area contributed by atoms with Gasteiger partial charge in [0, 0.05) is 0 Å². The molecule has 0 fully saturated rings. The number of benzene rings is 1. The molecule has 110 valence electrons. The third-order valence-electron chi connectivity index (χ3n) is 2.68. The Morgan fingerprint density at radius 3 is 2.67 bits per heavy atom. The van der Waals surface area contributed by atoms with E-state index in [1.165, 1.54) is 13.0 Å². The maximum Gasteiger partial charge on any atom is 0.340 e. The van der Waals surface area contributed by atoms with E-state index in [9.17, 15) is 18.4 Å². The lowest BCUT2D eigenvalue weighted by Gasteiger charge is -2.04. The van der Waals surface area contributed by atoms with Crippen LogP contribution in [0, 0.1) is 18.6 Å². The molecule has 0 spiro atoms. The van der Waals surface area contributed by atoms with Gasteiger partial charge in [-0.1, -0.05) is 6.07 Å². The first kappa shape index (κ1) is 15.0. The predicted octanol–water partition coefficient (Wildman–Crippen LogP) is 2.61. The summed E-state index contributed by atoms with van der Waals surface area (Å²) in [6.45, 7) is 1.52. The van der Waals surface area contributed by atoms with Crippen molar-refractivity contribution in [2.24, 2.45) is 0 Å². The van der Waals surface area contributed by atoms with Crippen LogP contribution >= 0.6 is 11.5 Å². The minimum Gasteiger partial charge on any atom is -0.478 e. The number of carboxylic acids is 1. The van der Waals surface area contributed by atoms with Crippen LogP contribution in [0.25, 0.3) is 0 Å². The van der Waals surface area contributed by atoms with Crippen molar-refractivity contribution in [2.75, 3.05) is 5.32 Å². The molecule has 2 aromatic rings. The maximum atomic E-state index is 13.0. The van der Waals surface area contributed by atoms with E-state index in [4.69, 9.17) is 5.11 Å². The molecule has 0 aliphatic rings. The minimum absolute atomic E-state index is 0.0707. The minimum atomic E-state index is -1.19. The van der Waals surface area contributed by atoms with Gasteiger partial charge >= 0.3 is 5.97 Å². The summed E-state index contributed by atoms with van der Waals surface area (Å²) in [5.74, 6) is -3.76. The predicted molar refractivity (Wildman–Crippen MR) is 72.5 cm³/mol. The van der Waals surface area contributed by atoms with Crippen molar-refractivity contribution >= 4 is 28.4 Å². The quantitative estimate of drug-likeness (QED) is 0.909. The number of aryl methyl sites for hydroxylation is 1. The molecular formula is C13H10F2N2O3S. The van der Waals surface area contributed by atoms with Gasteiger partial charge in [0.25, 0.3) is 0 Å². The SMILES string of the molecule is Cc1nsc(NC(=O)Cc2ccc(F)c(F)c2)c1C(=O)O. The smallest absolute Gasteiger partial charge is 0.340 e. The summed E-state index contributed by atoms with van der Waals surface area (Å²) in [6, 6.07) is 3.14. The second-order valence-electron chi connectivity index (χ2n) is 4.25. The first-order chi connectivity index (χ1) is 9.88. The molecule has 0 atom stereocenters. The Kier molecular flexibility index (Phi) is 4.27. The monoisotopic (exact) mass is 312 g/mol. The highest BCUT2D eigenvalue weighted by atomic mass is 32.1. The number of nitrogens with zero attached hydrogens (tertiary/aromatic N) is 1. The number of halogens is 2. The van der Waals surface area contributed by atoms with Gasteiger partial charge in [-0.15, -0.1) is 0 Å². The van der Waals surface area contributed by atoms with E-state index in [-0.39, 0.29) is 22.5 Å². The van der Waals surface area contributed by atoms with Gasteiger partial charge in [0.1, 0.15) is 10.6 Å². The number of anilines is 1. The molecule has 21 heavy (non-hydrogen) atoms. The highest BCUT2D eigenvalue weighted by Crippen LogP contribution is 2.24. The number of hydrogen-bond donors (Lipinski definition) is 2. The van der Waals surface area contributed by atoms with E-state index in [2.05, 4.69) is 9.69 Å². The molecule has 1 aromatic carbocycles. The third kappa shape index (κ3) is 3.40. The molecule has 0 bridgehead atoms. The Labute approximate surface area is 122 Å². The molecule has 0 unspecified atom stereocenters. The zero-order valence-electron chi connectivity index (χ0n) is 10.8. The fourth-order valence-electron chi connectivity index (χ4n) is 1.71. The molecule has 1 amide bonds. The van der Waals surface area contributed by atoms with Gasteiger partial charge in [0.15, 0.2) is 11.6 Å². The van der Waals surface area contributed by atoms with Crippen LogP contribution < -0.4 is 5.32 Å². The van der Waals surface area contributed by atoms with Crippen molar-refractivity contribution in [1.29, 1.82) is 0 Å². The van der Waals surface area contributed by atoms with Crippen LogP contribution in [0.4, 0.5) is 13.8 Å². The summed E-state index contributed by atoms with van der Waals surface area (Å²) in [7, 11) is 0. The zero-order valence-corrected chi connectivity index (χ0v) is 11.6. The van der Waals surface area contributed by atoms with Crippen molar-refractivity contribution in [2.45, 2.75) is 13.3 Å². The molecule has 0 saturated carbocycles. The second kappa shape index (κ2) is 5.96. The highest BCUT2D eigenvalue weighted by molar-refractivity contribution is 7.11. The molecule has 5 nitrogen and oxygen atoms in total. The lowest BCUT2D eigenvalue weighted by atomic mass is 10.1. The molecule has 0 saturated heterocycles. The van der Waals surface area contributed by atoms with Crippen molar-refractivity contribution in [1.82, 2.24) is 4.37 Å². The molecule has 8 heteroatoms.